The Morgan fingerprint density at radius 2 is 1.50 bits per heavy atom. The molecule has 0 unspecified atom stereocenters. The number of amides is 3. The van der Waals surface area contributed by atoms with E-state index in [-0.39, 0.29) is 4.90 Å². The summed E-state index contributed by atoms with van der Waals surface area (Å²) in [6.07, 6.45) is -4.74. The fraction of sp³-hybridized carbons (Fsp3) is 0.0667. The smallest absolute Gasteiger partial charge is 0.351 e. The minimum Gasteiger partial charge on any atom is -0.351 e. The topological polar surface area (TPSA) is 63.4 Å². The van der Waals surface area contributed by atoms with Crippen LogP contribution in [0, 0.1) is 11.6 Å². The van der Waals surface area contributed by atoms with Crippen LogP contribution in [0.2, 0.25) is 0 Å². The van der Waals surface area contributed by atoms with Crippen molar-refractivity contribution in [2.45, 2.75) is 6.18 Å². The monoisotopic (exact) mass is 344 g/mol. The number of nitrogens with zero attached hydrogens (tertiary/aromatic N) is 1. The van der Waals surface area contributed by atoms with Crippen LogP contribution in [0.4, 0.5) is 32.4 Å². The minimum atomic E-state index is -4.74. The van der Waals surface area contributed by atoms with Crippen molar-refractivity contribution in [1.29, 1.82) is 0 Å². The van der Waals surface area contributed by atoms with Gasteiger partial charge < -0.3 is 5.73 Å². The first-order chi connectivity index (χ1) is 11.1. The number of primary amides is 1. The molecule has 0 aromatic heterocycles. The first-order valence-electron chi connectivity index (χ1n) is 6.38. The van der Waals surface area contributed by atoms with Gasteiger partial charge in [0, 0.05) is 0 Å². The number of nitrogens with two attached hydrogens (primary N) is 1. The number of anilines is 1. The molecule has 0 bridgehead atoms. The summed E-state index contributed by atoms with van der Waals surface area (Å²) in [4.78, 5) is 23.8. The lowest BCUT2D eigenvalue weighted by molar-refractivity contribution is -0.137. The van der Waals surface area contributed by atoms with Gasteiger partial charge in [-0.05, 0) is 30.3 Å². The molecule has 0 radical (unpaired) electrons. The second-order valence-corrected chi connectivity index (χ2v) is 4.62. The zero-order chi connectivity index (χ0) is 18.1. The molecule has 2 aromatic rings. The Labute approximate surface area is 132 Å². The summed E-state index contributed by atoms with van der Waals surface area (Å²) in [5.74, 6) is -4.08. The molecule has 0 saturated carbocycles. The summed E-state index contributed by atoms with van der Waals surface area (Å²) >= 11 is 0. The molecular weight excluding hydrogens is 335 g/mol. The Kier molecular flexibility index (Phi) is 4.54. The number of alkyl halides is 3. The van der Waals surface area contributed by atoms with Crippen LogP contribution in [-0.4, -0.2) is 11.9 Å². The van der Waals surface area contributed by atoms with Gasteiger partial charge in [-0.15, -0.1) is 0 Å². The molecule has 0 aliphatic heterocycles. The van der Waals surface area contributed by atoms with Gasteiger partial charge in [0.25, 0.3) is 5.91 Å². The van der Waals surface area contributed by atoms with E-state index in [1.54, 1.807) is 0 Å². The molecule has 4 nitrogen and oxygen atoms in total. The highest BCUT2D eigenvalue weighted by Gasteiger charge is 2.33. The highest BCUT2D eigenvalue weighted by atomic mass is 19.4. The predicted molar refractivity (Wildman–Crippen MR) is 74.2 cm³/mol. The molecule has 3 amide bonds. The van der Waals surface area contributed by atoms with Crippen LogP contribution in [0.1, 0.15) is 15.9 Å². The van der Waals surface area contributed by atoms with Crippen molar-refractivity contribution in [3.05, 3.63) is 65.2 Å². The second kappa shape index (κ2) is 6.26. The minimum absolute atomic E-state index is 0.0662. The predicted octanol–water partition coefficient (Wildman–Crippen LogP) is 3.71. The van der Waals surface area contributed by atoms with Crippen LogP contribution in [0.5, 0.6) is 0 Å². The number of hydrogen-bond donors (Lipinski definition) is 1. The van der Waals surface area contributed by atoms with Crippen molar-refractivity contribution in [3.8, 4) is 0 Å². The fourth-order valence-electron chi connectivity index (χ4n) is 1.98. The van der Waals surface area contributed by atoms with E-state index in [1.165, 1.54) is 0 Å². The number of halogens is 5. The number of imide groups is 1. The maximum atomic E-state index is 13.7. The molecule has 0 saturated heterocycles. The number of benzene rings is 2. The van der Waals surface area contributed by atoms with Crippen molar-refractivity contribution in [2.24, 2.45) is 5.73 Å². The fourth-order valence-corrected chi connectivity index (χ4v) is 1.98. The molecule has 0 aliphatic carbocycles. The van der Waals surface area contributed by atoms with Crippen molar-refractivity contribution in [2.75, 3.05) is 4.90 Å². The average Bonchev–Trinajstić information content (AvgIpc) is 2.46. The van der Waals surface area contributed by atoms with Crippen molar-refractivity contribution in [1.82, 2.24) is 0 Å². The molecule has 2 rings (SSSR count). The Morgan fingerprint density at radius 1 is 0.958 bits per heavy atom. The summed E-state index contributed by atoms with van der Waals surface area (Å²) in [6.45, 7) is 0. The van der Waals surface area contributed by atoms with Crippen LogP contribution < -0.4 is 10.6 Å². The second-order valence-electron chi connectivity index (χ2n) is 4.62. The standard InChI is InChI=1S/C15H9F5N2O2/c16-10-5-2-6-11(17)12(10)13(23)22(14(21)24)9-4-1-3-8(7-9)15(18,19)20/h1-7H,(H2,21,24). The van der Waals surface area contributed by atoms with Gasteiger partial charge in [-0.3, -0.25) is 4.79 Å². The summed E-state index contributed by atoms with van der Waals surface area (Å²) in [7, 11) is 0. The lowest BCUT2D eigenvalue weighted by atomic mass is 10.1. The van der Waals surface area contributed by atoms with E-state index in [0.29, 0.717) is 12.1 Å². The highest BCUT2D eigenvalue weighted by molar-refractivity contribution is 6.20. The summed E-state index contributed by atoms with van der Waals surface area (Å²) in [5, 5.41) is 0. The van der Waals surface area contributed by atoms with E-state index in [1.807, 2.05) is 0 Å². The lowest BCUT2D eigenvalue weighted by Crippen LogP contribution is -2.41. The van der Waals surface area contributed by atoms with Gasteiger partial charge in [-0.25, -0.2) is 18.5 Å². The third-order valence-corrected chi connectivity index (χ3v) is 3.03. The molecule has 0 atom stereocenters. The zero-order valence-electron chi connectivity index (χ0n) is 11.8. The van der Waals surface area contributed by atoms with Gasteiger partial charge in [0.2, 0.25) is 0 Å². The molecule has 126 valence electrons. The Hall–Kier alpha value is -2.97. The van der Waals surface area contributed by atoms with Gasteiger partial charge in [-0.1, -0.05) is 12.1 Å². The number of hydrogen-bond acceptors (Lipinski definition) is 2. The van der Waals surface area contributed by atoms with Gasteiger partial charge >= 0.3 is 12.2 Å². The molecule has 2 aromatic carbocycles. The molecule has 2 N–H and O–H groups in total. The Morgan fingerprint density at radius 3 is 2.00 bits per heavy atom. The van der Waals surface area contributed by atoms with E-state index in [9.17, 15) is 31.5 Å². The molecule has 9 heteroatoms. The van der Waals surface area contributed by atoms with Crippen LogP contribution in [0.25, 0.3) is 0 Å². The summed E-state index contributed by atoms with van der Waals surface area (Å²) < 4.78 is 65.6. The summed E-state index contributed by atoms with van der Waals surface area (Å²) in [6, 6.07) is 4.12. The van der Waals surface area contributed by atoms with Gasteiger partial charge in [0.05, 0.1) is 11.3 Å². The van der Waals surface area contributed by atoms with Crippen molar-refractivity contribution < 1.29 is 31.5 Å². The molecular formula is C15H9F5N2O2. The molecule has 0 heterocycles. The molecule has 24 heavy (non-hydrogen) atoms. The van der Waals surface area contributed by atoms with Crippen LogP contribution in [0.3, 0.4) is 0 Å². The van der Waals surface area contributed by atoms with E-state index >= 15 is 0 Å². The molecule has 0 aliphatic rings. The maximum absolute atomic E-state index is 13.7. The van der Waals surface area contributed by atoms with Crippen LogP contribution >= 0.6 is 0 Å². The number of rotatable bonds is 2. The van der Waals surface area contributed by atoms with Crippen molar-refractivity contribution in [3.63, 3.8) is 0 Å². The Balaban J connectivity index is 2.55. The highest BCUT2D eigenvalue weighted by Crippen LogP contribution is 2.32. The SMILES string of the molecule is NC(=O)N(C(=O)c1c(F)cccc1F)c1cccc(C(F)(F)F)c1. The first kappa shape index (κ1) is 17.4. The average molecular weight is 344 g/mol. The normalized spacial score (nSPS) is 11.2. The largest absolute Gasteiger partial charge is 0.416 e. The van der Waals surface area contributed by atoms with Crippen molar-refractivity contribution >= 4 is 17.6 Å². The van der Waals surface area contributed by atoms with Gasteiger partial charge in [0.1, 0.15) is 17.2 Å². The molecule has 0 fully saturated rings. The van der Waals surface area contributed by atoms with Gasteiger partial charge in [0.15, 0.2) is 0 Å². The van der Waals surface area contributed by atoms with Gasteiger partial charge in [-0.2, -0.15) is 13.2 Å². The number of urea groups is 1. The third-order valence-electron chi connectivity index (χ3n) is 3.03. The lowest BCUT2D eigenvalue weighted by Gasteiger charge is -2.20. The van der Waals surface area contributed by atoms with Crippen LogP contribution in [0.15, 0.2) is 42.5 Å². The zero-order valence-corrected chi connectivity index (χ0v) is 11.8. The quantitative estimate of drug-likeness (QED) is 0.844. The van der Waals surface area contributed by atoms with E-state index in [0.717, 1.165) is 30.3 Å². The number of carbonyl (C=O) groups is 2. The number of carbonyl (C=O) groups excluding carboxylic acids is 2. The summed E-state index contributed by atoms with van der Waals surface area (Å²) in [5.41, 5.74) is 2.18. The van der Waals surface area contributed by atoms with E-state index < -0.39 is 46.6 Å². The van der Waals surface area contributed by atoms with E-state index in [4.69, 9.17) is 5.73 Å². The van der Waals surface area contributed by atoms with E-state index in [2.05, 4.69) is 0 Å². The van der Waals surface area contributed by atoms with Crippen LogP contribution in [-0.2, 0) is 6.18 Å². The molecule has 0 spiro atoms. The first-order valence-corrected chi connectivity index (χ1v) is 6.38. The maximum Gasteiger partial charge on any atom is 0.416 e. The Bertz CT molecular complexity index is 784. The third kappa shape index (κ3) is 3.34.